The highest BCUT2D eigenvalue weighted by atomic mass is 35.5. The van der Waals surface area contributed by atoms with Crippen LogP contribution in [0.1, 0.15) is 28.5 Å². The zero-order chi connectivity index (χ0) is 22.9. The van der Waals surface area contributed by atoms with E-state index in [-0.39, 0.29) is 6.03 Å². The molecule has 166 valence electrons. The molecule has 0 spiro atoms. The third-order valence-corrected chi connectivity index (χ3v) is 6.30. The highest BCUT2D eigenvalue weighted by Gasteiger charge is 2.20. The number of hydrogen-bond acceptors (Lipinski definition) is 3. The number of H-pyrrole nitrogens is 1. The fraction of sp³-hybridized carbons (Fsp3) is 0.120. The summed E-state index contributed by atoms with van der Waals surface area (Å²) in [5.41, 5.74) is 4.77. The van der Waals surface area contributed by atoms with Gasteiger partial charge in [0.1, 0.15) is 6.10 Å². The number of rotatable bonds is 5. The predicted octanol–water partition coefficient (Wildman–Crippen LogP) is 5.66. The zero-order valence-electron chi connectivity index (χ0n) is 17.4. The minimum absolute atomic E-state index is 0.332. The topological polar surface area (TPSA) is 80.7 Å². The predicted molar refractivity (Wildman–Crippen MR) is 132 cm³/mol. The number of hydrazone groups is 1. The first-order valence-electron chi connectivity index (χ1n) is 10.4. The van der Waals surface area contributed by atoms with Gasteiger partial charge in [-0.2, -0.15) is 10.1 Å². The number of nitrogens with one attached hydrogen (secondary N) is 2. The van der Waals surface area contributed by atoms with Crippen LogP contribution in [-0.4, -0.2) is 28.9 Å². The summed E-state index contributed by atoms with van der Waals surface area (Å²) >= 11 is 13.0. The molecule has 0 bridgehead atoms. The van der Waals surface area contributed by atoms with Crippen molar-refractivity contribution in [3.63, 3.8) is 0 Å². The first kappa shape index (κ1) is 21.5. The van der Waals surface area contributed by atoms with E-state index in [2.05, 4.69) is 15.4 Å². The second-order valence-electron chi connectivity index (χ2n) is 7.82. The van der Waals surface area contributed by atoms with Gasteiger partial charge in [-0.15, -0.1) is 0 Å². The normalized spacial score (nSPS) is 14.5. The molecule has 1 unspecified atom stereocenters. The quantitative estimate of drug-likeness (QED) is 0.345. The third kappa shape index (κ3) is 4.33. The van der Waals surface area contributed by atoms with Crippen molar-refractivity contribution in [2.24, 2.45) is 5.10 Å². The molecule has 1 aliphatic rings. The van der Waals surface area contributed by atoms with Gasteiger partial charge < -0.3 is 15.4 Å². The van der Waals surface area contributed by atoms with Crippen LogP contribution in [0.2, 0.25) is 10.0 Å². The van der Waals surface area contributed by atoms with E-state index in [0.29, 0.717) is 28.7 Å². The maximum absolute atomic E-state index is 12.0. The number of amides is 2. The van der Waals surface area contributed by atoms with E-state index >= 15 is 0 Å². The van der Waals surface area contributed by atoms with Crippen LogP contribution in [0.3, 0.4) is 0 Å². The molecule has 33 heavy (non-hydrogen) atoms. The first-order chi connectivity index (χ1) is 16.0. The summed E-state index contributed by atoms with van der Waals surface area (Å²) in [7, 11) is 0. The van der Waals surface area contributed by atoms with Crippen molar-refractivity contribution in [2.45, 2.75) is 12.5 Å². The van der Waals surface area contributed by atoms with Crippen molar-refractivity contribution in [3.8, 4) is 0 Å². The molecule has 2 heterocycles. The minimum atomic E-state index is -0.755. The molecule has 1 aliphatic heterocycles. The van der Waals surface area contributed by atoms with E-state index in [1.54, 1.807) is 18.3 Å². The Morgan fingerprint density at radius 1 is 1.03 bits per heavy atom. The molecule has 0 saturated heterocycles. The number of halogens is 2. The van der Waals surface area contributed by atoms with Gasteiger partial charge in [-0.25, -0.2) is 4.79 Å². The Labute approximate surface area is 200 Å². The lowest BCUT2D eigenvalue weighted by Crippen LogP contribution is -2.41. The van der Waals surface area contributed by atoms with Crippen molar-refractivity contribution in [1.82, 2.24) is 10.3 Å². The number of hydrogen-bond donors (Lipinski definition) is 3. The second-order valence-corrected chi connectivity index (χ2v) is 8.63. The zero-order valence-corrected chi connectivity index (χ0v) is 18.9. The number of carbonyl (C=O) groups is 1. The summed E-state index contributed by atoms with van der Waals surface area (Å²) in [6.45, 7) is 0.389. The fourth-order valence-corrected chi connectivity index (χ4v) is 4.50. The fourth-order valence-electron chi connectivity index (χ4n) is 3.89. The molecule has 0 radical (unpaired) electrons. The first-order valence-corrected chi connectivity index (χ1v) is 11.2. The lowest BCUT2D eigenvalue weighted by atomic mass is 10.00. The summed E-state index contributed by atoms with van der Waals surface area (Å²) in [6.07, 6.45) is 1.35. The number of benzene rings is 3. The number of aromatic amines is 1. The van der Waals surface area contributed by atoms with E-state index in [0.717, 1.165) is 33.3 Å². The van der Waals surface area contributed by atoms with Gasteiger partial charge in [0.05, 0.1) is 12.2 Å². The molecule has 3 N–H and O–H groups in total. The summed E-state index contributed by atoms with van der Waals surface area (Å²) in [4.78, 5) is 15.3. The van der Waals surface area contributed by atoms with Crippen LogP contribution in [0.15, 0.2) is 71.8 Å². The number of aliphatic hydroxyl groups excluding tert-OH is 1. The van der Waals surface area contributed by atoms with Crippen molar-refractivity contribution in [1.29, 1.82) is 0 Å². The number of fused-ring (bicyclic) bond motifs is 1. The van der Waals surface area contributed by atoms with Crippen LogP contribution >= 0.6 is 23.2 Å². The average molecular weight is 479 g/mol. The van der Waals surface area contributed by atoms with Gasteiger partial charge in [0.15, 0.2) is 0 Å². The van der Waals surface area contributed by atoms with Crippen molar-refractivity contribution in [3.05, 3.63) is 99.2 Å². The van der Waals surface area contributed by atoms with E-state index in [9.17, 15) is 9.90 Å². The Hall–Kier alpha value is -3.32. The van der Waals surface area contributed by atoms with Crippen molar-refractivity contribution < 1.29 is 9.90 Å². The Bertz CT molecular complexity index is 1310. The summed E-state index contributed by atoms with van der Waals surface area (Å²) in [5, 5.41) is 20.8. The molecule has 0 aliphatic carbocycles. The number of para-hydroxylation sites is 1. The Morgan fingerprint density at radius 3 is 2.45 bits per heavy atom. The van der Waals surface area contributed by atoms with E-state index in [1.165, 1.54) is 5.01 Å². The molecule has 2 amide bonds. The minimum Gasteiger partial charge on any atom is -0.382 e. The third-order valence-electron chi connectivity index (χ3n) is 5.63. The number of anilines is 1. The highest BCUT2D eigenvalue weighted by Crippen LogP contribution is 2.33. The van der Waals surface area contributed by atoms with Gasteiger partial charge in [0.2, 0.25) is 0 Å². The smallest absolute Gasteiger partial charge is 0.342 e. The number of aliphatic hydroxyl groups is 1. The monoisotopic (exact) mass is 478 g/mol. The Balaban J connectivity index is 1.35. The molecule has 3 aromatic carbocycles. The molecule has 6 nitrogen and oxygen atoms in total. The molecular weight excluding hydrogens is 459 g/mol. The molecule has 5 rings (SSSR count). The summed E-state index contributed by atoms with van der Waals surface area (Å²) < 4.78 is 0. The van der Waals surface area contributed by atoms with Gasteiger partial charge in [-0.1, -0.05) is 65.7 Å². The lowest BCUT2D eigenvalue weighted by Gasteiger charge is -2.22. The maximum Gasteiger partial charge on any atom is 0.342 e. The lowest BCUT2D eigenvalue weighted by molar-refractivity contribution is 0.216. The van der Waals surface area contributed by atoms with Crippen LogP contribution in [0.4, 0.5) is 10.5 Å². The summed E-state index contributed by atoms with van der Waals surface area (Å²) in [6, 6.07) is 20.6. The van der Waals surface area contributed by atoms with E-state index in [4.69, 9.17) is 23.2 Å². The standard InChI is InChI=1S/C25H20Cl2N4O2/c26-20-13-18(31-25(33)28-9-10-29-31)14-21(27)19(20)11-15-5-7-16(8-6-15)24(32)23-12-17-3-1-2-4-22(17)30-23/h1-8,10,12-14,24,30,32H,9,11H2,(H,28,33). The largest absolute Gasteiger partial charge is 0.382 e. The number of carbonyl (C=O) groups excluding carboxylic acids is 1. The SMILES string of the molecule is O=C1NCC=NN1c1cc(Cl)c(Cc2ccc(C(O)c3cc4ccccc4[nH]3)cc2)c(Cl)c1. The number of urea groups is 1. The van der Waals surface area contributed by atoms with Gasteiger partial charge in [0.25, 0.3) is 0 Å². The van der Waals surface area contributed by atoms with Crippen LogP contribution in [0, 0.1) is 0 Å². The Morgan fingerprint density at radius 2 is 1.76 bits per heavy atom. The Kier molecular flexibility index (Phi) is 5.81. The van der Waals surface area contributed by atoms with Gasteiger partial charge >= 0.3 is 6.03 Å². The van der Waals surface area contributed by atoms with E-state index in [1.807, 2.05) is 54.6 Å². The average Bonchev–Trinajstić information content (AvgIpc) is 3.26. The van der Waals surface area contributed by atoms with Gasteiger partial charge in [-0.3, -0.25) is 0 Å². The second kappa shape index (κ2) is 8.90. The van der Waals surface area contributed by atoms with Gasteiger partial charge in [0, 0.05) is 33.9 Å². The van der Waals surface area contributed by atoms with Crippen LogP contribution in [0.25, 0.3) is 10.9 Å². The molecular formula is C25H20Cl2N4O2. The van der Waals surface area contributed by atoms with Crippen molar-refractivity contribution in [2.75, 3.05) is 11.6 Å². The number of aromatic nitrogens is 1. The molecule has 4 aromatic rings. The van der Waals surface area contributed by atoms with Crippen LogP contribution < -0.4 is 10.3 Å². The van der Waals surface area contributed by atoms with Crippen molar-refractivity contribution >= 4 is 52.0 Å². The summed E-state index contributed by atoms with van der Waals surface area (Å²) in [5.74, 6) is 0. The number of nitrogens with zero attached hydrogens (tertiary/aromatic N) is 2. The molecule has 0 fully saturated rings. The maximum atomic E-state index is 12.0. The molecule has 8 heteroatoms. The van der Waals surface area contributed by atoms with Gasteiger partial charge in [-0.05, 0) is 46.3 Å². The molecule has 1 atom stereocenters. The molecule has 1 aromatic heterocycles. The van der Waals surface area contributed by atoms with E-state index < -0.39 is 6.10 Å². The van der Waals surface area contributed by atoms with Crippen LogP contribution in [0.5, 0.6) is 0 Å². The molecule has 0 saturated carbocycles. The highest BCUT2D eigenvalue weighted by molar-refractivity contribution is 6.36. The van der Waals surface area contributed by atoms with Crippen LogP contribution in [-0.2, 0) is 6.42 Å².